The van der Waals surface area contributed by atoms with Crippen molar-refractivity contribution in [2.24, 2.45) is 5.41 Å². The summed E-state index contributed by atoms with van der Waals surface area (Å²) in [5.74, 6) is 0.600. The van der Waals surface area contributed by atoms with Crippen molar-refractivity contribution < 1.29 is 4.79 Å². The summed E-state index contributed by atoms with van der Waals surface area (Å²) in [5, 5.41) is 0. The highest BCUT2D eigenvalue weighted by Crippen LogP contribution is 2.32. The zero-order valence-electron chi connectivity index (χ0n) is 14.1. The van der Waals surface area contributed by atoms with Gasteiger partial charge in [-0.15, -0.1) is 0 Å². The number of alkyl halides is 1. The molecule has 1 unspecified atom stereocenters. The molecule has 0 bridgehead atoms. The van der Waals surface area contributed by atoms with Crippen molar-refractivity contribution in [1.29, 1.82) is 0 Å². The van der Waals surface area contributed by atoms with E-state index in [1.807, 2.05) is 32.9 Å². The Bertz CT molecular complexity index is 574. The Balaban J connectivity index is 2.15. The summed E-state index contributed by atoms with van der Waals surface area (Å²) < 4.78 is 0. The van der Waals surface area contributed by atoms with Crippen molar-refractivity contribution in [3.8, 4) is 0 Å². The fraction of sp³-hybridized carbons (Fsp3) is 0.381. The Kier molecular flexibility index (Phi) is 6.17. The lowest BCUT2D eigenvalue weighted by molar-refractivity contribution is -0.125. The van der Waals surface area contributed by atoms with Gasteiger partial charge < -0.3 is 0 Å². The van der Waals surface area contributed by atoms with Crippen LogP contribution in [0.3, 0.4) is 0 Å². The number of ketones is 1. The number of halogens is 1. The van der Waals surface area contributed by atoms with E-state index in [2.05, 4.69) is 64.5 Å². The topological polar surface area (TPSA) is 17.1 Å². The van der Waals surface area contributed by atoms with E-state index < -0.39 is 0 Å². The number of hydrogen-bond donors (Lipinski definition) is 0. The molecule has 0 fully saturated rings. The van der Waals surface area contributed by atoms with Gasteiger partial charge in [-0.25, -0.2) is 0 Å². The van der Waals surface area contributed by atoms with Crippen LogP contribution in [0, 0.1) is 5.41 Å². The summed E-state index contributed by atoms with van der Waals surface area (Å²) in [4.78, 5) is 12.3. The maximum atomic E-state index is 12.4. The van der Waals surface area contributed by atoms with E-state index in [0.29, 0.717) is 5.92 Å². The van der Waals surface area contributed by atoms with E-state index in [1.54, 1.807) is 0 Å². The van der Waals surface area contributed by atoms with Crippen molar-refractivity contribution in [2.75, 3.05) is 0 Å². The van der Waals surface area contributed by atoms with Gasteiger partial charge in [-0.2, -0.15) is 0 Å². The smallest absolute Gasteiger partial charge is 0.151 e. The predicted molar refractivity (Wildman–Crippen MR) is 101 cm³/mol. The minimum Gasteiger partial charge on any atom is -0.298 e. The predicted octanol–water partition coefficient (Wildman–Crippen LogP) is 5.98. The Morgan fingerprint density at radius 2 is 1.30 bits per heavy atom. The molecule has 0 aliphatic rings. The van der Waals surface area contributed by atoms with Crippen molar-refractivity contribution in [3.05, 3.63) is 71.8 Å². The Labute approximate surface area is 148 Å². The van der Waals surface area contributed by atoms with E-state index in [-0.39, 0.29) is 16.0 Å². The van der Waals surface area contributed by atoms with Crippen LogP contribution in [-0.4, -0.2) is 10.6 Å². The van der Waals surface area contributed by atoms with E-state index >= 15 is 0 Å². The molecule has 1 atom stereocenters. The Morgan fingerprint density at radius 1 is 0.870 bits per heavy atom. The van der Waals surface area contributed by atoms with E-state index in [4.69, 9.17) is 0 Å². The van der Waals surface area contributed by atoms with Gasteiger partial charge in [0.25, 0.3) is 0 Å². The lowest BCUT2D eigenvalue weighted by atomic mass is 9.84. The largest absolute Gasteiger partial charge is 0.298 e. The number of rotatable bonds is 6. The third-order valence-electron chi connectivity index (χ3n) is 4.14. The van der Waals surface area contributed by atoms with Gasteiger partial charge in [0.15, 0.2) is 5.78 Å². The standard InChI is InChI=1S/C21H25BrO/c1-21(2,3)20(23)19(22)15-14-18(16-10-6-4-7-11-16)17-12-8-5-9-13-17/h4-13,18-19H,14-15H2,1-3H3. The summed E-state index contributed by atoms with van der Waals surface area (Å²) in [7, 11) is 0. The van der Waals surface area contributed by atoms with Crippen LogP contribution in [0.5, 0.6) is 0 Å². The summed E-state index contributed by atoms with van der Waals surface area (Å²) in [6.45, 7) is 5.94. The minimum atomic E-state index is -0.302. The van der Waals surface area contributed by atoms with Crippen molar-refractivity contribution in [2.45, 2.75) is 44.4 Å². The van der Waals surface area contributed by atoms with Gasteiger partial charge >= 0.3 is 0 Å². The first kappa shape index (κ1) is 17.9. The Hall–Kier alpha value is -1.41. The molecule has 0 aliphatic carbocycles. The highest BCUT2D eigenvalue weighted by Gasteiger charge is 2.28. The number of benzene rings is 2. The monoisotopic (exact) mass is 372 g/mol. The Morgan fingerprint density at radius 3 is 1.70 bits per heavy atom. The molecule has 0 N–H and O–H groups in total. The second-order valence-electron chi connectivity index (χ2n) is 7.03. The molecule has 0 saturated heterocycles. The highest BCUT2D eigenvalue weighted by atomic mass is 79.9. The maximum absolute atomic E-state index is 12.4. The molecule has 0 aromatic heterocycles. The van der Waals surface area contributed by atoms with Crippen LogP contribution in [0.15, 0.2) is 60.7 Å². The van der Waals surface area contributed by atoms with Crippen molar-refractivity contribution >= 4 is 21.7 Å². The molecule has 2 rings (SSSR count). The molecular formula is C21H25BrO. The second kappa shape index (κ2) is 7.92. The van der Waals surface area contributed by atoms with Gasteiger partial charge in [-0.1, -0.05) is 97.4 Å². The first-order chi connectivity index (χ1) is 10.9. The SMILES string of the molecule is CC(C)(C)C(=O)C(Br)CCC(c1ccccc1)c1ccccc1. The van der Waals surface area contributed by atoms with E-state index in [0.717, 1.165) is 12.8 Å². The fourth-order valence-corrected chi connectivity index (χ4v) is 3.76. The normalized spacial score (nSPS) is 13.1. The lowest BCUT2D eigenvalue weighted by Crippen LogP contribution is -2.29. The number of carbonyl (C=O) groups is 1. The van der Waals surface area contributed by atoms with Crippen LogP contribution in [0.1, 0.15) is 50.7 Å². The highest BCUT2D eigenvalue weighted by molar-refractivity contribution is 9.10. The van der Waals surface area contributed by atoms with Crippen LogP contribution in [0.2, 0.25) is 0 Å². The molecule has 0 saturated carbocycles. The maximum Gasteiger partial charge on any atom is 0.151 e. The lowest BCUT2D eigenvalue weighted by Gasteiger charge is -2.23. The average molecular weight is 373 g/mol. The first-order valence-electron chi connectivity index (χ1n) is 8.18. The molecule has 2 aromatic carbocycles. The van der Waals surface area contributed by atoms with Gasteiger partial charge in [-0.05, 0) is 24.0 Å². The number of carbonyl (C=O) groups excluding carboxylic acids is 1. The third kappa shape index (κ3) is 5.04. The number of Topliss-reactive ketones (excluding diaryl/α,β-unsaturated/α-hetero) is 1. The zero-order valence-corrected chi connectivity index (χ0v) is 15.7. The van der Waals surface area contributed by atoms with Crippen LogP contribution < -0.4 is 0 Å². The average Bonchev–Trinajstić information content (AvgIpc) is 2.55. The quantitative estimate of drug-likeness (QED) is 0.570. The molecule has 23 heavy (non-hydrogen) atoms. The van der Waals surface area contributed by atoms with Crippen LogP contribution in [0.25, 0.3) is 0 Å². The van der Waals surface area contributed by atoms with Crippen molar-refractivity contribution in [1.82, 2.24) is 0 Å². The molecule has 0 amide bonds. The molecule has 2 heteroatoms. The van der Waals surface area contributed by atoms with E-state index in [9.17, 15) is 4.79 Å². The molecule has 0 aliphatic heterocycles. The van der Waals surface area contributed by atoms with E-state index in [1.165, 1.54) is 11.1 Å². The van der Waals surface area contributed by atoms with Crippen LogP contribution in [0.4, 0.5) is 0 Å². The summed E-state index contributed by atoms with van der Waals surface area (Å²) in [6.07, 6.45) is 1.79. The summed E-state index contributed by atoms with van der Waals surface area (Å²) in [6, 6.07) is 21.1. The summed E-state index contributed by atoms with van der Waals surface area (Å²) >= 11 is 3.60. The number of hydrogen-bond acceptors (Lipinski definition) is 1. The second-order valence-corrected chi connectivity index (χ2v) is 8.14. The minimum absolute atomic E-state index is 0.0857. The van der Waals surface area contributed by atoms with Gasteiger partial charge in [0.2, 0.25) is 0 Å². The van der Waals surface area contributed by atoms with Gasteiger partial charge in [-0.3, -0.25) is 4.79 Å². The van der Waals surface area contributed by atoms with Crippen LogP contribution >= 0.6 is 15.9 Å². The van der Waals surface area contributed by atoms with Gasteiger partial charge in [0.1, 0.15) is 0 Å². The summed E-state index contributed by atoms with van der Waals surface area (Å²) in [5.41, 5.74) is 2.31. The fourth-order valence-electron chi connectivity index (χ4n) is 2.81. The third-order valence-corrected chi connectivity index (χ3v) is 5.01. The molecule has 2 aromatic rings. The molecule has 122 valence electrons. The molecule has 1 nitrogen and oxygen atoms in total. The first-order valence-corrected chi connectivity index (χ1v) is 9.09. The van der Waals surface area contributed by atoms with Gasteiger partial charge in [0, 0.05) is 11.3 Å². The van der Waals surface area contributed by atoms with Gasteiger partial charge in [0.05, 0.1) is 4.83 Å². The molecular weight excluding hydrogens is 348 g/mol. The van der Waals surface area contributed by atoms with Crippen molar-refractivity contribution in [3.63, 3.8) is 0 Å². The molecule has 0 spiro atoms. The van der Waals surface area contributed by atoms with Crippen LogP contribution in [-0.2, 0) is 4.79 Å². The molecule has 0 radical (unpaired) electrons. The molecule has 0 heterocycles. The zero-order chi connectivity index (χ0) is 16.9.